The highest BCUT2D eigenvalue weighted by Crippen LogP contribution is 2.22. The van der Waals surface area contributed by atoms with Crippen LogP contribution in [0.2, 0.25) is 0 Å². The quantitative estimate of drug-likeness (QED) is 0.768. The van der Waals surface area contributed by atoms with Crippen LogP contribution in [0, 0.1) is 13.8 Å². The Morgan fingerprint density at radius 3 is 2.60 bits per heavy atom. The second-order valence-corrected chi connectivity index (χ2v) is 6.05. The molecule has 1 aromatic carbocycles. The van der Waals surface area contributed by atoms with Crippen LogP contribution in [-0.2, 0) is 0 Å². The third-order valence-electron chi connectivity index (χ3n) is 3.55. The summed E-state index contributed by atoms with van der Waals surface area (Å²) in [6.07, 6.45) is 1.89. The lowest BCUT2D eigenvalue weighted by Gasteiger charge is -2.32. The Balaban J connectivity index is 2.63. The first-order valence-electron chi connectivity index (χ1n) is 7.50. The Morgan fingerprint density at radius 1 is 1.35 bits per heavy atom. The number of aryl methyl sites for hydroxylation is 2. The number of benzene rings is 1. The highest BCUT2D eigenvalue weighted by atomic mass is 16.5. The van der Waals surface area contributed by atoms with Crippen molar-refractivity contribution in [3.8, 4) is 5.75 Å². The molecule has 0 fully saturated rings. The molecule has 2 atom stereocenters. The molecule has 1 rings (SSSR count). The monoisotopic (exact) mass is 279 g/mol. The Morgan fingerprint density at radius 2 is 2.05 bits per heavy atom. The predicted molar refractivity (Wildman–Crippen MR) is 84.4 cm³/mol. The molecule has 0 amide bonds. The van der Waals surface area contributed by atoms with Crippen molar-refractivity contribution in [2.45, 2.75) is 59.1 Å². The Hall–Kier alpha value is -1.06. The first-order chi connectivity index (χ1) is 9.40. The summed E-state index contributed by atoms with van der Waals surface area (Å²) >= 11 is 0. The minimum absolute atomic E-state index is 0.0536. The van der Waals surface area contributed by atoms with Gasteiger partial charge in [-0.05, 0) is 52.3 Å². The van der Waals surface area contributed by atoms with Crippen LogP contribution in [0.15, 0.2) is 18.2 Å². The van der Waals surface area contributed by atoms with Gasteiger partial charge in [-0.2, -0.15) is 0 Å². The molecule has 3 heteroatoms. The molecule has 0 saturated heterocycles. The third-order valence-corrected chi connectivity index (χ3v) is 3.55. The van der Waals surface area contributed by atoms with Gasteiger partial charge in [0.05, 0.1) is 12.7 Å². The molecule has 2 N–H and O–H groups in total. The lowest BCUT2D eigenvalue weighted by atomic mass is 9.95. The van der Waals surface area contributed by atoms with E-state index in [-0.39, 0.29) is 18.2 Å². The zero-order valence-electron chi connectivity index (χ0n) is 13.5. The molecule has 0 bridgehead atoms. The van der Waals surface area contributed by atoms with Crippen LogP contribution >= 0.6 is 0 Å². The molecule has 0 spiro atoms. The van der Waals surface area contributed by atoms with Gasteiger partial charge in [-0.15, -0.1) is 0 Å². The molecule has 0 aromatic heterocycles. The average Bonchev–Trinajstić information content (AvgIpc) is 2.40. The molecule has 0 saturated carbocycles. The van der Waals surface area contributed by atoms with Gasteiger partial charge >= 0.3 is 0 Å². The summed E-state index contributed by atoms with van der Waals surface area (Å²) in [4.78, 5) is 0. The van der Waals surface area contributed by atoms with Gasteiger partial charge in [0.1, 0.15) is 5.75 Å². The van der Waals surface area contributed by atoms with Gasteiger partial charge in [-0.3, -0.25) is 0 Å². The topological polar surface area (TPSA) is 41.5 Å². The SMILES string of the molecule is CCCNC(C)(CO)CC(C)Oc1ccc(C)cc1C. The van der Waals surface area contributed by atoms with Gasteiger partial charge in [0.15, 0.2) is 0 Å². The van der Waals surface area contributed by atoms with Gasteiger partial charge < -0.3 is 15.2 Å². The summed E-state index contributed by atoms with van der Waals surface area (Å²) in [5, 5.41) is 13.0. The zero-order valence-corrected chi connectivity index (χ0v) is 13.5. The fraction of sp³-hybridized carbons (Fsp3) is 0.647. The van der Waals surface area contributed by atoms with E-state index in [1.54, 1.807) is 0 Å². The maximum atomic E-state index is 9.60. The molecular formula is C17H29NO2. The van der Waals surface area contributed by atoms with Crippen molar-refractivity contribution >= 4 is 0 Å². The lowest BCUT2D eigenvalue weighted by Crippen LogP contribution is -2.48. The van der Waals surface area contributed by atoms with Crippen molar-refractivity contribution in [2.75, 3.05) is 13.2 Å². The summed E-state index contributed by atoms with van der Waals surface area (Å²) in [5.41, 5.74) is 2.12. The van der Waals surface area contributed by atoms with Crippen molar-refractivity contribution in [3.63, 3.8) is 0 Å². The third kappa shape index (κ3) is 5.14. The van der Waals surface area contributed by atoms with Crippen LogP contribution in [0.1, 0.15) is 44.7 Å². The second kappa shape index (κ2) is 7.65. The molecular weight excluding hydrogens is 250 g/mol. The van der Waals surface area contributed by atoms with E-state index in [2.05, 4.69) is 45.1 Å². The number of hydrogen-bond donors (Lipinski definition) is 2. The van der Waals surface area contributed by atoms with E-state index in [9.17, 15) is 5.11 Å². The number of aliphatic hydroxyl groups excluding tert-OH is 1. The van der Waals surface area contributed by atoms with Gasteiger partial charge in [-0.25, -0.2) is 0 Å². The van der Waals surface area contributed by atoms with E-state index in [4.69, 9.17) is 4.74 Å². The number of nitrogens with one attached hydrogen (secondary N) is 1. The number of ether oxygens (including phenoxy) is 1. The van der Waals surface area contributed by atoms with Crippen LogP contribution in [0.25, 0.3) is 0 Å². The Labute approximate surface area is 123 Å². The smallest absolute Gasteiger partial charge is 0.122 e. The first-order valence-corrected chi connectivity index (χ1v) is 7.50. The minimum Gasteiger partial charge on any atom is -0.490 e. The number of rotatable bonds is 8. The van der Waals surface area contributed by atoms with Crippen molar-refractivity contribution in [2.24, 2.45) is 0 Å². The largest absolute Gasteiger partial charge is 0.490 e. The molecule has 0 aliphatic heterocycles. The van der Waals surface area contributed by atoms with Crippen LogP contribution in [-0.4, -0.2) is 29.9 Å². The fourth-order valence-electron chi connectivity index (χ4n) is 2.44. The van der Waals surface area contributed by atoms with E-state index < -0.39 is 0 Å². The summed E-state index contributed by atoms with van der Waals surface area (Å²) in [6.45, 7) is 11.4. The number of hydrogen-bond acceptors (Lipinski definition) is 3. The lowest BCUT2D eigenvalue weighted by molar-refractivity contribution is 0.109. The van der Waals surface area contributed by atoms with Crippen molar-refractivity contribution in [1.82, 2.24) is 5.32 Å². The number of aliphatic hydroxyl groups is 1. The van der Waals surface area contributed by atoms with Gasteiger partial charge in [0, 0.05) is 12.0 Å². The molecule has 0 radical (unpaired) electrons. The van der Waals surface area contributed by atoms with Gasteiger partial charge in [0.25, 0.3) is 0 Å². The maximum absolute atomic E-state index is 9.60. The first kappa shape index (κ1) is 17.0. The summed E-state index contributed by atoms with van der Waals surface area (Å²) < 4.78 is 6.03. The Kier molecular flexibility index (Phi) is 6.50. The van der Waals surface area contributed by atoms with Crippen molar-refractivity contribution < 1.29 is 9.84 Å². The highest BCUT2D eigenvalue weighted by molar-refractivity contribution is 5.35. The minimum atomic E-state index is -0.284. The van der Waals surface area contributed by atoms with E-state index in [0.717, 1.165) is 30.7 Å². The highest BCUT2D eigenvalue weighted by Gasteiger charge is 2.26. The average molecular weight is 279 g/mol. The van der Waals surface area contributed by atoms with Crippen LogP contribution < -0.4 is 10.1 Å². The summed E-state index contributed by atoms with van der Waals surface area (Å²) in [6, 6.07) is 6.22. The molecule has 0 aliphatic rings. The van der Waals surface area contributed by atoms with Crippen molar-refractivity contribution in [1.29, 1.82) is 0 Å². The summed E-state index contributed by atoms with van der Waals surface area (Å²) in [5.74, 6) is 0.930. The molecule has 0 heterocycles. The normalized spacial score (nSPS) is 15.7. The predicted octanol–water partition coefficient (Wildman–Crippen LogP) is 3.21. The molecule has 0 aliphatic carbocycles. The summed E-state index contributed by atoms with van der Waals surface area (Å²) in [7, 11) is 0. The van der Waals surface area contributed by atoms with E-state index in [1.807, 2.05) is 13.0 Å². The van der Waals surface area contributed by atoms with Crippen LogP contribution in [0.5, 0.6) is 5.75 Å². The van der Waals surface area contributed by atoms with E-state index in [1.165, 1.54) is 5.56 Å². The van der Waals surface area contributed by atoms with Crippen molar-refractivity contribution in [3.05, 3.63) is 29.3 Å². The molecule has 20 heavy (non-hydrogen) atoms. The fourth-order valence-corrected chi connectivity index (χ4v) is 2.44. The van der Waals surface area contributed by atoms with Crippen LogP contribution in [0.4, 0.5) is 0 Å². The molecule has 1 aromatic rings. The molecule has 2 unspecified atom stereocenters. The van der Waals surface area contributed by atoms with E-state index >= 15 is 0 Å². The zero-order chi connectivity index (χ0) is 15.2. The standard InChI is InChI=1S/C17H29NO2/c1-6-9-18-17(5,12-19)11-15(4)20-16-8-7-13(2)10-14(16)3/h7-8,10,15,18-19H,6,9,11-12H2,1-5H3. The Bertz CT molecular complexity index is 419. The van der Waals surface area contributed by atoms with Gasteiger partial charge in [-0.1, -0.05) is 24.6 Å². The second-order valence-electron chi connectivity index (χ2n) is 6.05. The van der Waals surface area contributed by atoms with E-state index in [0.29, 0.717) is 0 Å². The molecule has 3 nitrogen and oxygen atoms in total. The molecule has 114 valence electrons. The van der Waals surface area contributed by atoms with Crippen LogP contribution in [0.3, 0.4) is 0 Å². The van der Waals surface area contributed by atoms with Gasteiger partial charge in [0.2, 0.25) is 0 Å². The maximum Gasteiger partial charge on any atom is 0.122 e.